The SMILES string of the molecule is CC(C)(OCc1cccc(C#N)c1)C(=NC1C2CC3CC1CC(C(N)=O)(C3)C2)NC#N. The van der Waals surface area contributed by atoms with Crippen LogP contribution in [-0.4, -0.2) is 23.4 Å². The molecule has 31 heavy (non-hydrogen) atoms. The first-order valence-electron chi connectivity index (χ1n) is 10.9. The summed E-state index contributed by atoms with van der Waals surface area (Å²) < 4.78 is 6.15. The molecule has 7 heteroatoms. The Hall–Kier alpha value is -2.90. The average molecular weight is 420 g/mol. The lowest BCUT2D eigenvalue weighted by Gasteiger charge is -2.57. The fourth-order valence-corrected chi connectivity index (χ4v) is 6.11. The van der Waals surface area contributed by atoms with Gasteiger partial charge in [-0.3, -0.25) is 15.1 Å². The van der Waals surface area contributed by atoms with Crippen LogP contribution >= 0.6 is 0 Å². The third kappa shape index (κ3) is 4.03. The van der Waals surface area contributed by atoms with Crippen molar-refractivity contribution in [2.75, 3.05) is 0 Å². The number of aliphatic imine (C=N–C) groups is 1. The van der Waals surface area contributed by atoms with Crippen molar-refractivity contribution in [3.63, 3.8) is 0 Å². The molecule has 1 aromatic carbocycles. The van der Waals surface area contributed by atoms with E-state index in [1.54, 1.807) is 12.1 Å². The Bertz CT molecular complexity index is 970. The van der Waals surface area contributed by atoms with Crippen molar-refractivity contribution in [3.8, 4) is 12.3 Å². The Morgan fingerprint density at radius 3 is 2.61 bits per heavy atom. The predicted octanol–water partition coefficient (Wildman–Crippen LogP) is 3.00. The van der Waals surface area contributed by atoms with Gasteiger partial charge in [0.15, 0.2) is 6.19 Å². The molecule has 0 radical (unpaired) electrons. The van der Waals surface area contributed by atoms with Gasteiger partial charge < -0.3 is 10.5 Å². The van der Waals surface area contributed by atoms with E-state index < -0.39 is 5.60 Å². The van der Waals surface area contributed by atoms with Crippen molar-refractivity contribution in [1.82, 2.24) is 5.32 Å². The molecule has 0 spiro atoms. The van der Waals surface area contributed by atoms with Crippen LogP contribution in [0.5, 0.6) is 0 Å². The number of rotatable bonds is 6. The Balaban J connectivity index is 1.53. The Morgan fingerprint density at radius 2 is 2.00 bits per heavy atom. The molecule has 1 amide bonds. The lowest BCUT2D eigenvalue weighted by Crippen LogP contribution is -2.58. The van der Waals surface area contributed by atoms with Crippen LogP contribution < -0.4 is 11.1 Å². The first-order valence-corrected chi connectivity index (χ1v) is 10.9. The summed E-state index contributed by atoms with van der Waals surface area (Å²) in [6, 6.07) is 9.50. The van der Waals surface area contributed by atoms with Crippen molar-refractivity contribution in [3.05, 3.63) is 35.4 Å². The molecule has 2 atom stereocenters. The number of nitrogens with one attached hydrogen (secondary N) is 1. The zero-order chi connectivity index (χ0) is 22.2. The van der Waals surface area contributed by atoms with E-state index in [2.05, 4.69) is 11.4 Å². The largest absolute Gasteiger partial charge is 0.369 e. The van der Waals surface area contributed by atoms with E-state index in [1.165, 1.54) is 0 Å². The maximum absolute atomic E-state index is 12.2. The minimum absolute atomic E-state index is 0.0738. The third-order valence-corrected chi connectivity index (χ3v) is 7.42. The van der Waals surface area contributed by atoms with Gasteiger partial charge in [0.05, 0.1) is 24.3 Å². The monoisotopic (exact) mass is 419 g/mol. The van der Waals surface area contributed by atoms with Crippen LogP contribution in [0.3, 0.4) is 0 Å². The van der Waals surface area contributed by atoms with Gasteiger partial charge >= 0.3 is 0 Å². The fraction of sp³-hybridized carbons (Fsp3) is 0.583. The quantitative estimate of drug-likeness (QED) is 0.317. The van der Waals surface area contributed by atoms with Gasteiger partial charge in [-0.05, 0) is 81.4 Å². The number of benzene rings is 1. The Labute approximate surface area is 183 Å². The van der Waals surface area contributed by atoms with E-state index in [4.69, 9.17) is 20.7 Å². The van der Waals surface area contributed by atoms with Crippen molar-refractivity contribution in [1.29, 1.82) is 10.5 Å². The van der Waals surface area contributed by atoms with E-state index in [-0.39, 0.29) is 17.4 Å². The average Bonchev–Trinajstić information content (AvgIpc) is 2.73. The summed E-state index contributed by atoms with van der Waals surface area (Å²) in [7, 11) is 0. The van der Waals surface area contributed by atoms with Gasteiger partial charge in [-0.15, -0.1) is 0 Å². The van der Waals surface area contributed by atoms with Crippen LogP contribution in [0.15, 0.2) is 29.3 Å². The molecule has 3 N–H and O–H groups in total. The Morgan fingerprint density at radius 1 is 1.29 bits per heavy atom. The summed E-state index contributed by atoms with van der Waals surface area (Å²) in [6.07, 6.45) is 6.67. The van der Waals surface area contributed by atoms with Gasteiger partial charge in [0, 0.05) is 5.41 Å². The molecule has 4 aliphatic rings. The number of hydrogen-bond donors (Lipinski definition) is 2. The third-order valence-electron chi connectivity index (χ3n) is 7.42. The summed E-state index contributed by atoms with van der Waals surface area (Å²) in [6.45, 7) is 4.09. The van der Waals surface area contributed by atoms with Crippen LogP contribution in [-0.2, 0) is 16.1 Å². The topological polar surface area (TPSA) is 124 Å². The number of carbonyl (C=O) groups is 1. The normalized spacial score (nSPS) is 31.7. The molecular formula is C24H29N5O2. The second-order valence-corrected chi connectivity index (χ2v) is 9.93. The van der Waals surface area contributed by atoms with Gasteiger partial charge in [0.25, 0.3) is 0 Å². The highest BCUT2D eigenvalue weighted by Crippen LogP contribution is 2.60. The fourth-order valence-electron chi connectivity index (χ4n) is 6.11. The number of carbonyl (C=O) groups excluding carboxylic acids is 1. The maximum Gasteiger partial charge on any atom is 0.223 e. The summed E-state index contributed by atoms with van der Waals surface area (Å²) in [4.78, 5) is 17.2. The lowest BCUT2D eigenvalue weighted by molar-refractivity contribution is -0.144. The second kappa shape index (κ2) is 7.98. The van der Waals surface area contributed by atoms with E-state index in [9.17, 15) is 10.1 Å². The zero-order valence-electron chi connectivity index (χ0n) is 18.1. The number of nitrogens with two attached hydrogens (primary N) is 1. The first kappa shape index (κ1) is 21.3. The second-order valence-electron chi connectivity index (χ2n) is 9.93. The molecule has 0 saturated heterocycles. The molecule has 5 rings (SSSR count). The van der Waals surface area contributed by atoms with Crippen molar-refractivity contribution < 1.29 is 9.53 Å². The Kier molecular flexibility index (Phi) is 5.49. The van der Waals surface area contributed by atoms with Gasteiger partial charge in [-0.25, -0.2) is 0 Å². The van der Waals surface area contributed by atoms with E-state index >= 15 is 0 Å². The number of nitrogens with zero attached hydrogens (tertiary/aromatic N) is 3. The molecule has 0 aromatic heterocycles. The summed E-state index contributed by atoms with van der Waals surface area (Å²) in [5.74, 6) is 1.54. The van der Waals surface area contributed by atoms with Crippen LogP contribution in [0.25, 0.3) is 0 Å². The van der Waals surface area contributed by atoms with Crippen LogP contribution in [0.1, 0.15) is 57.1 Å². The highest BCUT2D eigenvalue weighted by molar-refractivity contribution is 5.91. The number of ether oxygens (including phenoxy) is 1. The van der Waals surface area contributed by atoms with E-state index in [0.717, 1.165) is 37.7 Å². The number of amides is 1. The number of amidine groups is 1. The molecule has 162 valence electrons. The molecule has 4 bridgehead atoms. The molecule has 4 fully saturated rings. The van der Waals surface area contributed by atoms with Gasteiger partial charge in [0.1, 0.15) is 11.4 Å². The minimum Gasteiger partial charge on any atom is -0.369 e. The predicted molar refractivity (Wildman–Crippen MR) is 115 cm³/mol. The highest BCUT2D eigenvalue weighted by atomic mass is 16.5. The first-order chi connectivity index (χ1) is 14.8. The molecule has 0 aliphatic heterocycles. The molecule has 4 saturated carbocycles. The molecular weight excluding hydrogens is 390 g/mol. The summed E-state index contributed by atoms with van der Waals surface area (Å²) in [5, 5.41) is 21.2. The molecule has 4 aliphatic carbocycles. The molecule has 2 unspecified atom stereocenters. The smallest absolute Gasteiger partial charge is 0.223 e. The molecule has 1 aromatic rings. The highest BCUT2D eigenvalue weighted by Gasteiger charge is 2.58. The number of primary amides is 1. The minimum atomic E-state index is -0.811. The van der Waals surface area contributed by atoms with Crippen LogP contribution in [0.2, 0.25) is 0 Å². The van der Waals surface area contributed by atoms with E-state index in [0.29, 0.717) is 35.8 Å². The van der Waals surface area contributed by atoms with Gasteiger partial charge in [-0.1, -0.05) is 12.1 Å². The maximum atomic E-state index is 12.2. The summed E-state index contributed by atoms with van der Waals surface area (Å²) in [5.41, 5.74) is 6.10. The number of hydrogen-bond acceptors (Lipinski definition) is 5. The summed E-state index contributed by atoms with van der Waals surface area (Å²) >= 11 is 0. The lowest BCUT2D eigenvalue weighted by atomic mass is 9.48. The van der Waals surface area contributed by atoms with E-state index in [1.807, 2.05) is 32.2 Å². The van der Waals surface area contributed by atoms with Crippen LogP contribution in [0.4, 0.5) is 0 Å². The molecule has 0 heterocycles. The van der Waals surface area contributed by atoms with Crippen molar-refractivity contribution >= 4 is 11.7 Å². The zero-order valence-corrected chi connectivity index (χ0v) is 18.1. The van der Waals surface area contributed by atoms with Gasteiger partial charge in [0.2, 0.25) is 5.91 Å². The standard InChI is InChI=1S/C24H29N5O2/c1-23(2,31-13-16-5-3-4-15(6-16)12-25)22(28-14-26)29-20-18-7-17-8-19(20)11-24(9-17,10-18)21(27)30/h3-6,17-20H,7-11,13H2,1-2H3,(H2,27,30)(H,28,29). The molecule has 7 nitrogen and oxygen atoms in total. The van der Waals surface area contributed by atoms with Crippen LogP contribution in [0, 0.1) is 46.0 Å². The van der Waals surface area contributed by atoms with Gasteiger partial charge in [-0.2, -0.15) is 10.5 Å². The van der Waals surface area contributed by atoms with Crippen molar-refractivity contribution in [2.24, 2.45) is 33.9 Å². The van der Waals surface area contributed by atoms with Crippen molar-refractivity contribution in [2.45, 2.75) is 64.2 Å². The number of nitriles is 2.